The summed E-state index contributed by atoms with van der Waals surface area (Å²) in [5.41, 5.74) is 2.80. The highest BCUT2D eigenvalue weighted by molar-refractivity contribution is 7.80. The third kappa shape index (κ3) is 4.62. The molecule has 1 atom stereocenters. The van der Waals surface area contributed by atoms with Crippen LogP contribution in [0.25, 0.3) is 0 Å². The summed E-state index contributed by atoms with van der Waals surface area (Å²) in [6, 6.07) is 18.3. The van der Waals surface area contributed by atoms with E-state index < -0.39 is 11.3 Å². The molecule has 7 nitrogen and oxygen atoms in total. The highest BCUT2D eigenvalue weighted by atomic mass is 32.2. The summed E-state index contributed by atoms with van der Waals surface area (Å²) in [6.07, 6.45) is 0.360. The number of benzene rings is 3. The molecule has 1 amide bonds. The SMILES string of the molecule is Cc1ccc2c(c1)C(=O)c1ccc(N(CCCNC(=O)c3ccccc3)S(=O)[O-])cc1C2=O. The van der Waals surface area contributed by atoms with Gasteiger partial charge in [-0.25, -0.2) is 0 Å². The van der Waals surface area contributed by atoms with Crippen LogP contribution >= 0.6 is 0 Å². The molecule has 1 aliphatic carbocycles. The molecule has 0 spiro atoms. The lowest BCUT2D eigenvalue weighted by atomic mass is 9.83. The number of nitrogens with zero attached hydrogens (tertiary/aromatic N) is 1. The third-order valence-electron chi connectivity index (χ3n) is 5.48. The van der Waals surface area contributed by atoms with Gasteiger partial charge < -0.3 is 14.2 Å². The van der Waals surface area contributed by atoms with Crippen LogP contribution in [-0.4, -0.2) is 39.3 Å². The van der Waals surface area contributed by atoms with Gasteiger partial charge in [0.1, 0.15) is 0 Å². The third-order valence-corrected chi connectivity index (χ3v) is 6.24. The molecule has 0 bridgehead atoms. The number of carbonyl (C=O) groups excluding carboxylic acids is 3. The molecule has 33 heavy (non-hydrogen) atoms. The largest absolute Gasteiger partial charge is 0.755 e. The van der Waals surface area contributed by atoms with Gasteiger partial charge in [0.25, 0.3) is 5.91 Å². The number of ketones is 2. The fourth-order valence-electron chi connectivity index (χ4n) is 3.81. The van der Waals surface area contributed by atoms with Crippen molar-refractivity contribution in [3.8, 4) is 0 Å². The highest BCUT2D eigenvalue weighted by Crippen LogP contribution is 2.31. The van der Waals surface area contributed by atoms with Crippen LogP contribution in [0.4, 0.5) is 5.69 Å². The number of anilines is 1. The van der Waals surface area contributed by atoms with Crippen molar-refractivity contribution in [1.82, 2.24) is 5.32 Å². The van der Waals surface area contributed by atoms with Gasteiger partial charge in [0, 0.05) is 57.9 Å². The Bertz CT molecular complexity index is 1270. The zero-order chi connectivity index (χ0) is 23.5. The fraction of sp³-hybridized carbons (Fsp3) is 0.160. The van der Waals surface area contributed by atoms with E-state index in [0.29, 0.717) is 23.1 Å². The van der Waals surface area contributed by atoms with Crippen molar-refractivity contribution in [3.63, 3.8) is 0 Å². The Morgan fingerprint density at radius 3 is 2.21 bits per heavy atom. The van der Waals surface area contributed by atoms with E-state index in [4.69, 9.17) is 0 Å². The van der Waals surface area contributed by atoms with Crippen LogP contribution in [0.2, 0.25) is 0 Å². The van der Waals surface area contributed by atoms with E-state index in [0.717, 1.165) is 9.87 Å². The summed E-state index contributed by atoms with van der Waals surface area (Å²) >= 11 is -2.60. The van der Waals surface area contributed by atoms with Gasteiger partial charge in [-0.15, -0.1) is 0 Å². The Morgan fingerprint density at radius 1 is 0.909 bits per heavy atom. The average Bonchev–Trinajstić information content (AvgIpc) is 2.82. The number of nitrogens with one attached hydrogen (secondary N) is 1. The number of aryl methyl sites for hydroxylation is 1. The quantitative estimate of drug-likeness (QED) is 0.336. The van der Waals surface area contributed by atoms with Crippen LogP contribution in [0.15, 0.2) is 66.7 Å². The van der Waals surface area contributed by atoms with Crippen molar-refractivity contribution in [2.45, 2.75) is 13.3 Å². The first-order valence-electron chi connectivity index (χ1n) is 10.4. The maximum Gasteiger partial charge on any atom is 0.251 e. The average molecular weight is 462 g/mol. The van der Waals surface area contributed by atoms with E-state index in [1.165, 1.54) is 18.2 Å². The Morgan fingerprint density at radius 2 is 1.55 bits per heavy atom. The van der Waals surface area contributed by atoms with Gasteiger partial charge in [-0.1, -0.05) is 35.9 Å². The first-order valence-corrected chi connectivity index (χ1v) is 11.4. The number of hydrogen-bond acceptors (Lipinski definition) is 5. The van der Waals surface area contributed by atoms with Gasteiger partial charge in [0.05, 0.1) is 0 Å². The minimum atomic E-state index is -2.60. The molecule has 1 unspecified atom stereocenters. The molecule has 8 heteroatoms. The smallest absolute Gasteiger partial charge is 0.251 e. The zero-order valence-electron chi connectivity index (χ0n) is 17.9. The molecular formula is C25H21N2O5S-. The Labute approximate surface area is 193 Å². The van der Waals surface area contributed by atoms with Crippen LogP contribution < -0.4 is 9.62 Å². The lowest BCUT2D eigenvalue weighted by Gasteiger charge is -2.28. The molecule has 4 rings (SSSR count). The topological polar surface area (TPSA) is 107 Å². The fourth-order valence-corrected chi connectivity index (χ4v) is 4.38. The molecule has 0 fully saturated rings. The van der Waals surface area contributed by atoms with Gasteiger partial charge in [0.15, 0.2) is 11.6 Å². The van der Waals surface area contributed by atoms with Gasteiger partial charge in [-0.3, -0.25) is 18.6 Å². The maximum atomic E-state index is 13.0. The predicted octanol–water partition coefficient (Wildman–Crippen LogP) is 3.19. The van der Waals surface area contributed by atoms with Gasteiger partial charge >= 0.3 is 0 Å². The summed E-state index contributed by atoms with van der Waals surface area (Å²) in [6.45, 7) is 2.22. The number of amides is 1. The molecule has 0 aromatic heterocycles. The molecule has 0 saturated carbocycles. The molecule has 1 aliphatic rings. The summed E-state index contributed by atoms with van der Waals surface area (Å²) < 4.78 is 24.9. The van der Waals surface area contributed by atoms with Crippen LogP contribution in [0.3, 0.4) is 0 Å². The van der Waals surface area contributed by atoms with Gasteiger partial charge in [-0.05, 0) is 49.7 Å². The van der Waals surface area contributed by atoms with Crippen molar-refractivity contribution in [2.75, 3.05) is 17.4 Å². The highest BCUT2D eigenvalue weighted by Gasteiger charge is 2.30. The molecular weight excluding hydrogens is 440 g/mol. The number of carbonyl (C=O) groups is 3. The minimum absolute atomic E-state index is 0.0991. The Hall–Kier alpha value is -3.62. The predicted molar refractivity (Wildman–Crippen MR) is 124 cm³/mol. The van der Waals surface area contributed by atoms with Crippen LogP contribution in [0.1, 0.15) is 54.2 Å². The van der Waals surface area contributed by atoms with Crippen molar-refractivity contribution < 1.29 is 23.1 Å². The normalized spacial score (nSPS) is 13.2. The zero-order valence-corrected chi connectivity index (χ0v) is 18.7. The van der Waals surface area contributed by atoms with E-state index in [1.54, 1.807) is 42.5 Å². The Balaban J connectivity index is 1.49. The number of rotatable bonds is 7. The second kappa shape index (κ2) is 9.48. The minimum Gasteiger partial charge on any atom is -0.755 e. The van der Waals surface area contributed by atoms with E-state index in [-0.39, 0.29) is 47.4 Å². The van der Waals surface area contributed by atoms with Crippen molar-refractivity contribution >= 4 is 34.4 Å². The standard InChI is InChI=1S/C25H22N2O5S/c1-16-8-10-19-21(14-16)23(28)20-11-9-18(15-22(20)24(19)29)27(33(31)32)13-5-12-26-25(30)17-6-3-2-4-7-17/h2-4,6-11,14-15H,5,12-13H2,1H3,(H,26,30)(H,31,32)/p-1. The molecule has 168 valence electrons. The summed E-state index contributed by atoms with van der Waals surface area (Å²) in [5, 5.41) is 2.76. The first kappa shape index (κ1) is 22.6. The molecule has 3 aromatic carbocycles. The molecule has 0 saturated heterocycles. The van der Waals surface area contributed by atoms with Crippen molar-refractivity contribution in [2.24, 2.45) is 0 Å². The molecule has 0 aliphatic heterocycles. The van der Waals surface area contributed by atoms with Gasteiger partial charge in [0.2, 0.25) is 0 Å². The Kier molecular flexibility index (Phi) is 6.48. The molecule has 1 N–H and O–H groups in total. The summed E-state index contributed by atoms with van der Waals surface area (Å²) in [4.78, 5) is 38.0. The first-order chi connectivity index (χ1) is 15.9. The molecule has 0 radical (unpaired) electrons. The summed E-state index contributed by atoms with van der Waals surface area (Å²) in [5.74, 6) is -0.807. The van der Waals surface area contributed by atoms with E-state index in [2.05, 4.69) is 5.32 Å². The van der Waals surface area contributed by atoms with E-state index in [1.807, 2.05) is 13.0 Å². The maximum absolute atomic E-state index is 13.0. The lowest BCUT2D eigenvalue weighted by molar-refractivity contribution is 0.0952. The van der Waals surface area contributed by atoms with Gasteiger partial charge in [-0.2, -0.15) is 0 Å². The monoisotopic (exact) mass is 461 g/mol. The number of fused-ring (bicyclic) bond motifs is 2. The number of hydrogen-bond donors (Lipinski definition) is 1. The molecule has 3 aromatic rings. The molecule has 0 heterocycles. The second-order valence-corrected chi connectivity index (χ2v) is 8.61. The van der Waals surface area contributed by atoms with Crippen LogP contribution in [0, 0.1) is 6.92 Å². The van der Waals surface area contributed by atoms with E-state index in [9.17, 15) is 23.1 Å². The van der Waals surface area contributed by atoms with Crippen molar-refractivity contribution in [3.05, 3.63) is 100 Å². The van der Waals surface area contributed by atoms with Crippen LogP contribution in [0.5, 0.6) is 0 Å². The summed E-state index contributed by atoms with van der Waals surface area (Å²) in [7, 11) is 0. The van der Waals surface area contributed by atoms with E-state index >= 15 is 0 Å². The second-order valence-electron chi connectivity index (χ2n) is 7.73. The van der Waals surface area contributed by atoms with Crippen LogP contribution in [-0.2, 0) is 11.3 Å². The lowest BCUT2D eigenvalue weighted by Crippen LogP contribution is -2.31. The van der Waals surface area contributed by atoms with Crippen molar-refractivity contribution in [1.29, 1.82) is 0 Å².